The number of ether oxygens (including phenoxy) is 1. The van der Waals surface area contributed by atoms with Crippen LogP contribution in [0.1, 0.15) is 17.5 Å². The molecule has 0 amide bonds. The van der Waals surface area contributed by atoms with E-state index in [0.717, 1.165) is 25.3 Å². The Hall–Kier alpha value is -2.00. The second-order valence-electron chi connectivity index (χ2n) is 5.25. The summed E-state index contributed by atoms with van der Waals surface area (Å²) in [6, 6.07) is 16.9. The zero-order valence-corrected chi connectivity index (χ0v) is 12.9. The van der Waals surface area contributed by atoms with Gasteiger partial charge in [0.1, 0.15) is 5.75 Å². The Morgan fingerprint density at radius 2 is 1.67 bits per heavy atom. The van der Waals surface area contributed by atoms with Gasteiger partial charge in [-0.2, -0.15) is 0 Å². The van der Waals surface area contributed by atoms with Crippen molar-refractivity contribution in [3.05, 3.63) is 59.7 Å². The number of nitrogens with zero attached hydrogens (tertiary/aromatic N) is 1. The monoisotopic (exact) mass is 284 g/mol. The third-order valence-corrected chi connectivity index (χ3v) is 3.56. The third-order valence-electron chi connectivity index (χ3n) is 3.56. The minimum atomic E-state index is 0.709. The van der Waals surface area contributed by atoms with Crippen LogP contribution >= 0.6 is 0 Å². The van der Waals surface area contributed by atoms with Crippen LogP contribution in [0.4, 0.5) is 5.69 Å². The lowest BCUT2D eigenvalue weighted by atomic mass is 10.1. The molecule has 2 aromatic carbocycles. The van der Waals surface area contributed by atoms with E-state index in [0.29, 0.717) is 6.54 Å². The van der Waals surface area contributed by atoms with E-state index in [1.54, 1.807) is 7.11 Å². The molecule has 0 aromatic heterocycles. The molecule has 0 aliphatic rings. The third kappa shape index (κ3) is 4.50. The van der Waals surface area contributed by atoms with E-state index in [1.807, 2.05) is 12.1 Å². The van der Waals surface area contributed by atoms with Gasteiger partial charge < -0.3 is 15.4 Å². The highest BCUT2D eigenvalue weighted by molar-refractivity contribution is 5.49. The number of aryl methyl sites for hydroxylation is 1. The molecule has 2 rings (SSSR count). The fourth-order valence-corrected chi connectivity index (χ4v) is 2.29. The van der Waals surface area contributed by atoms with Crippen LogP contribution in [0.25, 0.3) is 0 Å². The molecule has 2 aromatic rings. The summed E-state index contributed by atoms with van der Waals surface area (Å²) in [5, 5.41) is 0. The highest BCUT2D eigenvalue weighted by atomic mass is 16.5. The Bertz CT molecular complexity index is 534. The number of methoxy groups -OCH3 is 1. The molecule has 0 spiro atoms. The van der Waals surface area contributed by atoms with Gasteiger partial charge in [-0.3, -0.25) is 0 Å². The van der Waals surface area contributed by atoms with E-state index < -0.39 is 0 Å². The van der Waals surface area contributed by atoms with Gasteiger partial charge in [0, 0.05) is 18.8 Å². The summed E-state index contributed by atoms with van der Waals surface area (Å²) in [4.78, 5) is 2.36. The van der Waals surface area contributed by atoms with Crippen molar-refractivity contribution in [2.45, 2.75) is 19.9 Å². The first kappa shape index (κ1) is 15.4. The molecule has 112 valence electrons. The molecular weight excluding hydrogens is 260 g/mol. The van der Waals surface area contributed by atoms with E-state index in [2.05, 4.69) is 48.2 Å². The van der Waals surface area contributed by atoms with Crippen molar-refractivity contribution in [2.75, 3.05) is 25.1 Å². The number of anilines is 1. The van der Waals surface area contributed by atoms with Crippen molar-refractivity contribution >= 4 is 5.69 Å². The Morgan fingerprint density at radius 1 is 1.00 bits per heavy atom. The highest BCUT2D eigenvalue weighted by Gasteiger charge is 2.07. The molecule has 21 heavy (non-hydrogen) atoms. The van der Waals surface area contributed by atoms with E-state index in [9.17, 15) is 0 Å². The first-order valence-electron chi connectivity index (χ1n) is 7.37. The van der Waals surface area contributed by atoms with Crippen LogP contribution < -0.4 is 15.4 Å². The maximum Gasteiger partial charge on any atom is 0.119 e. The molecule has 0 atom stereocenters. The topological polar surface area (TPSA) is 38.5 Å². The van der Waals surface area contributed by atoms with Gasteiger partial charge in [0.05, 0.1) is 7.11 Å². The SMILES string of the molecule is COc1ccc(N(CCCN)Cc2ccc(C)cc2)cc1. The largest absolute Gasteiger partial charge is 0.497 e. The molecule has 0 saturated heterocycles. The minimum Gasteiger partial charge on any atom is -0.497 e. The summed E-state index contributed by atoms with van der Waals surface area (Å²) >= 11 is 0. The van der Waals surface area contributed by atoms with Crippen molar-refractivity contribution in [3.63, 3.8) is 0 Å². The van der Waals surface area contributed by atoms with Crippen LogP contribution in [0, 0.1) is 6.92 Å². The Kier molecular flexibility index (Phi) is 5.64. The predicted octanol–water partition coefficient (Wildman–Crippen LogP) is 3.36. The van der Waals surface area contributed by atoms with E-state index in [1.165, 1.54) is 16.8 Å². The molecule has 0 aliphatic heterocycles. The van der Waals surface area contributed by atoms with Crippen molar-refractivity contribution in [1.82, 2.24) is 0 Å². The van der Waals surface area contributed by atoms with Gasteiger partial charge in [-0.1, -0.05) is 29.8 Å². The van der Waals surface area contributed by atoms with Gasteiger partial charge in [0.15, 0.2) is 0 Å². The first-order chi connectivity index (χ1) is 10.2. The fraction of sp³-hybridized carbons (Fsp3) is 0.333. The second-order valence-corrected chi connectivity index (χ2v) is 5.25. The Labute approximate surface area is 127 Å². The quantitative estimate of drug-likeness (QED) is 0.847. The molecule has 0 unspecified atom stereocenters. The molecule has 0 heterocycles. The van der Waals surface area contributed by atoms with Crippen LogP contribution in [-0.4, -0.2) is 20.2 Å². The lowest BCUT2D eigenvalue weighted by Crippen LogP contribution is -2.25. The number of rotatable bonds is 7. The lowest BCUT2D eigenvalue weighted by molar-refractivity contribution is 0.415. The van der Waals surface area contributed by atoms with Crippen molar-refractivity contribution in [2.24, 2.45) is 5.73 Å². The first-order valence-corrected chi connectivity index (χ1v) is 7.37. The zero-order chi connectivity index (χ0) is 15.1. The van der Waals surface area contributed by atoms with E-state index in [-0.39, 0.29) is 0 Å². The number of nitrogens with two attached hydrogens (primary N) is 1. The van der Waals surface area contributed by atoms with Crippen molar-refractivity contribution in [1.29, 1.82) is 0 Å². The van der Waals surface area contributed by atoms with Gasteiger partial charge in [0.2, 0.25) is 0 Å². The second kappa shape index (κ2) is 7.70. The van der Waals surface area contributed by atoms with Gasteiger partial charge >= 0.3 is 0 Å². The molecule has 0 fully saturated rings. The van der Waals surface area contributed by atoms with Crippen LogP contribution in [0.3, 0.4) is 0 Å². The van der Waals surface area contributed by atoms with Crippen LogP contribution in [0.5, 0.6) is 5.75 Å². The van der Waals surface area contributed by atoms with Crippen LogP contribution in [-0.2, 0) is 6.54 Å². The molecule has 0 aliphatic carbocycles. The zero-order valence-electron chi connectivity index (χ0n) is 12.9. The number of hydrogen-bond donors (Lipinski definition) is 1. The standard InChI is InChI=1S/C18H24N2O/c1-15-4-6-16(7-5-15)14-20(13-3-12-19)17-8-10-18(21-2)11-9-17/h4-11H,3,12-14,19H2,1-2H3. The van der Waals surface area contributed by atoms with Crippen LogP contribution in [0.2, 0.25) is 0 Å². The molecule has 0 radical (unpaired) electrons. The number of benzene rings is 2. The van der Waals surface area contributed by atoms with Crippen molar-refractivity contribution in [3.8, 4) is 5.75 Å². The van der Waals surface area contributed by atoms with Crippen LogP contribution in [0.15, 0.2) is 48.5 Å². The normalized spacial score (nSPS) is 10.4. The summed E-state index contributed by atoms with van der Waals surface area (Å²) in [6.45, 7) is 4.67. The summed E-state index contributed by atoms with van der Waals surface area (Å²) < 4.78 is 5.22. The molecule has 3 nitrogen and oxygen atoms in total. The predicted molar refractivity (Wildman–Crippen MR) is 88.9 cm³/mol. The number of hydrogen-bond acceptors (Lipinski definition) is 3. The lowest BCUT2D eigenvalue weighted by Gasteiger charge is -2.25. The van der Waals surface area contributed by atoms with Gasteiger partial charge in [-0.05, 0) is 49.7 Å². The molecule has 0 bridgehead atoms. The fourth-order valence-electron chi connectivity index (χ4n) is 2.29. The maximum atomic E-state index is 5.67. The average Bonchev–Trinajstić information content (AvgIpc) is 2.53. The average molecular weight is 284 g/mol. The molecule has 3 heteroatoms. The van der Waals surface area contributed by atoms with Crippen molar-refractivity contribution < 1.29 is 4.74 Å². The summed E-state index contributed by atoms with van der Waals surface area (Å²) in [6.07, 6.45) is 0.984. The maximum absolute atomic E-state index is 5.67. The minimum absolute atomic E-state index is 0.709. The summed E-state index contributed by atoms with van der Waals surface area (Å²) in [5.74, 6) is 0.882. The van der Waals surface area contributed by atoms with Gasteiger partial charge in [0.25, 0.3) is 0 Å². The van der Waals surface area contributed by atoms with E-state index >= 15 is 0 Å². The van der Waals surface area contributed by atoms with E-state index in [4.69, 9.17) is 10.5 Å². The van der Waals surface area contributed by atoms with Gasteiger partial charge in [-0.15, -0.1) is 0 Å². The molecular formula is C18H24N2O. The Morgan fingerprint density at radius 3 is 2.24 bits per heavy atom. The summed E-state index contributed by atoms with van der Waals surface area (Å²) in [5.41, 5.74) is 9.47. The van der Waals surface area contributed by atoms with Gasteiger partial charge in [-0.25, -0.2) is 0 Å². The molecule has 2 N–H and O–H groups in total. The summed E-state index contributed by atoms with van der Waals surface area (Å²) in [7, 11) is 1.69. The Balaban J connectivity index is 2.14. The highest BCUT2D eigenvalue weighted by Crippen LogP contribution is 2.21. The molecule has 0 saturated carbocycles. The smallest absolute Gasteiger partial charge is 0.119 e.